The third-order valence-electron chi connectivity index (χ3n) is 7.80. The van der Waals surface area contributed by atoms with Crippen LogP contribution in [0, 0.1) is 0 Å². The summed E-state index contributed by atoms with van der Waals surface area (Å²) < 4.78 is 32.5. The maximum absolute atomic E-state index is 12.5. The van der Waals surface area contributed by atoms with Crippen molar-refractivity contribution in [2.75, 3.05) is 26.4 Å². The average Bonchev–Trinajstić information content (AvgIpc) is 3.16. The summed E-state index contributed by atoms with van der Waals surface area (Å²) in [6.45, 7) is 2.11. The van der Waals surface area contributed by atoms with Crippen LogP contribution >= 0.6 is 7.82 Å². The summed E-state index contributed by atoms with van der Waals surface area (Å²) in [5.74, 6) is -1.04. The number of allylic oxidation sites excluding steroid dienone is 14. The minimum Gasteiger partial charge on any atom is -0.462 e. The summed E-state index contributed by atoms with van der Waals surface area (Å²) in [6.07, 6.45) is 44.2. The standard InChI is InChI=1S/C43H71O10P/c1-3-5-7-9-11-13-15-17-18-19-20-21-22-23-25-27-29-31-33-35-43(47)53-41(39-52-54(48,49)51-37-40(45)36-44)38-50-42(46)34-32-30-28-26-24-16-14-12-10-8-6-4-2/h5,7,11-14,17-18,20-21,23,25,29,31,40-41,44-45H,3-4,6,8-10,15-16,19,22,24,26-28,30,32-39H2,1-2H3,(H,48,49)/b7-5+,13-11+,14-12+,18-17+,21-20+,25-23+,31-29+/t40-,41+/m0/s1. The molecule has 0 aromatic carbocycles. The highest BCUT2D eigenvalue weighted by Crippen LogP contribution is 2.43. The van der Waals surface area contributed by atoms with Gasteiger partial charge in [0.2, 0.25) is 0 Å². The van der Waals surface area contributed by atoms with Crippen LogP contribution in [0.5, 0.6) is 0 Å². The zero-order valence-corrected chi connectivity index (χ0v) is 34.0. The van der Waals surface area contributed by atoms with Crippen molar-refractivity contribution in [2.45, 2.75) is 148 Å². The molecule has 0 aromatic rings. The molecule has 3 atom stereocenters. The largest absolute Gasteiger partial charge is 0.472 e. The van der Waals surface area contributed by atoms with Crippen LogP contribution < -0.4 is 0 Å². The van der Waals surface area contributed by atoms with E-state index in [1.165, 1.54) is 19.3 Å². The van der Waals surface area contributed by atoms with Gasteiger partial charge in [-0.05, 0) is 77.0 Å². The number of phosphoric ester groups is 1. The lowest BCUT2D eigenvalue weighted by atomic mass is 10.1. The molecule has 0 aliphatic rings. The number of unbranched alkanes of at least 4 members (excludes halogenated alkanes) is 8. The van der Waals surface area contributed by atoms with Gasteiger partial charge in [-0.15, -0.1) is 0 Å². The number of ether oxygens (including phenoxy) is 2. The highest BCUT2D eigenvalue weighted by atomic mass is 31.2. The molecule has 54 heavy (non-hydrogen) atoms. The van der Waals surface area contributed by atoms with Crippen LogP contribution in [-0.2, 0) is 32.7 Å². The average molecular weight is 779 g/mol. The maximum atomic E-state index is 12.5. The van der Waals surface area contributed by atoms with Gasteiger partial charge in [-0.3, -0.25) is 18.6 Å². The minimum atomic E-state index is -4.64. The number of hydrogen-bond acceptors (Lipinski definition) is 9. The van der Waals surface area contributed by atoms with E-state index < -0.39 is 51.8 Å². The number of aliphatic hydroxyl groups is 2. The van der Waals surface area contributed by atoms with E-state index in [2.05, 4.69) is 91.3 Å². The van der Waals surface area contributed by atoms with Crippen molar-refractivity contribution in [3.05, 3.63) is 85.1 Å². The topological polar surface area (TPSA) is 149 Å². The van der Waals surface area contributed by atoms with Gasteiger partial charge < -0.3 is 24.6 Å². The van der Waals surface area contributed by atoms with Crippen molar-refractivity contribution >= 4 is 19.8 Å². The summed E-state index contributed by atoms with van der Waals surface area (Å²) >= 11 is 0. The van der Waals surface area contributed by atoms with E-state index in [1.807, 2.05) is 12.2 Å². The van der Waals surface area contributed by atoms with Gasteiger partial charge in [-0.25, -0.2) is 4.57 Å². The van der Waals surface area contributed by atoms with Crippen molar-refractivity contribution in [2.24, 2.45) is 0 Å². The molecule has 0 spiro atoms. The Balaban J connectivity index is 4.51. The quantitative estimate of drug-likeness (QED) is 0.0243. The molecule has 0 heterocycles. The molecule has 0 rings (SSSR count). The molecule has 0 aromatic heterocycles. The van der Waals surface area contributed by atoms with Crippen molar-refractivity contribution in [3.8, 4) is 0 Å². The fourth-order valence-electron chi connectivity index (χ4n) is 4.72. The Hall–Kier alpha value is -2.85. The molecule has 0 bridgehead atoms. The van der Waals surface area contributed by atoms with Gasteiger partial charge in [0.1, 0.15) is 12.7 Å². The van der Waals surface area contributed by atoms with Gasteiger partial charge in [-0.2, -0.15) is 0 Å². The van der Waals surface area contributed by atoms with Crippen LogP contribution in [0.2, 0.25) is 0 Å². The summed E-state index contributed by atoms with van der Waals surface area (Å²) in [6, 6.07) is 0. The van der Waals surface area contributed by atoms with E-state index >= 15 is 0 Å². The van der Waals surface area contributed by atoms with Crippen LogP contribution in [-0.4, -0.2) is 65.7 Å². The van der Waals surface area contributed by atoms with Crippen molar-refractivity contribution in [3.63, 3.8) is 0 Å². The van der Waals surface area contributed by atoms with E-state index in [9.17, 15) is 24.2 Å². The lowest BCUT2D eigenvalue weighted by Gasteiger charge is -2.20. The normalized spacial score (nSPS) is 14.8. The zero-order valence-electron chi connectivity index (χ0n) is 33.1. The SMILES string of the molecule is CC/C=C/C/C=C/C/C=C/C/C=C/C/C=C/C/C=C/CCC(=O)O[C@H](COC(=O)CCCCCCC/C=C/CCCCC)COP(=O)(O)OC[C@@H](O)CO. The summed E-state index contributed by atoms with van der Waals surface area (Å²) in [7, 11) is -4.64. The van der Waals surface area contributed by atoms with Gasteiger partial charge in [0.25, 0.3) is 0 Å². The third kappa shape index (κ3) is 37.5. The Labute approximate surface area is 326 Å². The number of aliphatic hydroxyl groups excluding tert-OH is 2. The van der Waals surface area contributed by atoms with Gasteiger partial charge in [0.15, 0.2) is 6.10 Å². The Morgan fingerprint density at radius 2 is 1.06 bits per heavy atom. The molecule has 0 fully saturated rings. The highest BCUT2D eigenvalue weighted by molar-refractivity contribution is 7.47. The van der Waals surface area contributed by atoms with E-state index in [0.717, 1.165) is 77.0 Å². The summed E-state index contributed by atoms with van der Waals surface area (Å²) in [5.41, 5.74) is 0. The second-order valence-electron chi connectivity index (χ2n) is 12.9. The van der Waals surface area contributed by atoms with E-state index in [1.54, 1.807) is 0 Å². The molecule has 0 saturated carbocycles. The molecule has 0 saturated heterocycles. The fraction of sp³-hybridized carbons (Fsp3) is 0.628. The zero-order chi connectivity index (χ0) is 39.8. The number of phosphoric acid groups is 1. The smallest absolute Gasteiger partial charge is 0.462 e. The first-order valence-electron chi connectivity index (χ1n) is 20.0. The Morgan fingerprint density at radius 3 is 1.61 bits per heavy atom. The van der Waals surface area contributed by atoms with E-state index in [0.29, 0.717) is 12.8 Å². The number of hydrogen-bond donors (Lipinski definition) is 3. The Kier molecular flexibility index (Phi) is 36.4. The molecule has 0 aliphatic carbocycles. The molecular weight excluding hydrogens is 707 g/mol. The van der Waals surface area contributed by atoms with Crippen LogP contribution in [0.25, 0.3) is 0 Å². The van der Waals surface area contributed by atoms with Gasteiger partial charge in [0, 0.05) is 12.8 Å². The summed E-state index contributed by atoms with van der Waals surface area (Å²) in [5, 5.41) is 18.3. The molecule has 3 N–H and O–H groups in total. The monoisotopic (exact) mass is 778 g/mol. The number of carbonyl (C=O) groups is 2. The Morgan fingerprint density at radius 1 is 0.574 bits per heavy atom. The van der Waals surface area contributed by atoms with E-state index in [4.69, 9.17) is 19.1 Å². The molecule has 0 amide bonds. The highest BCUT2D eigenvalue weighted by Gasteiger charge is 2.27. The molecule has 0 aliphatic heterocycles. The molecule has 0 radical (unpaired) electrons. The molecule has 1 unspecified atom stereocenters. The third-order valence-corrected chi connectivity index (χ3v) is 8.75. The van der Waals surface area contributed by atoms with Crippen molar-refractivity contribution < 1.29 is 47.8 Å². The molecule has 11 heteroatoms. The van der Waals surface area contributed by atoms with Crippen LogP contribution in [0.4, 0.5) is 0 Å². The van der Waals surface area contributed by atoms with Gasteiger partial charge in [0.05, 0.1) is 19.8 Å². The minimum absolute atomic E-state index is 0.0528. The van der Waals surface area contributed by atoms with Crippen molar-refractivity contribution in [1.82, 2.24) is 0 Å². The first-order chi connectivity index (χ1) is 26.2. The Bertz CT molecular complexity index is 1170. The van der Waals surface area contributed by atoms with Crippen LogP contribution in [0.1, 0.15) is 136 Å². The number of esters is 2. The van der Waals surface area contributed by atoms with Gasteiger partial charge in [-0.1, -0.05) is 131 Å². The maximum Gasteiger partial charge on any atom is 0.472 e. The van der Waals surface area contributed by atoms with E-state index in [-0.39, 0.29) is 19.4 Å². The fourth-order valence-corrected chi connectivity index (χ4v) is 5.51. The lowest BCUT2D eigenvalue weighted by Crippen LogP contribution is -2.29. The summed E-state index contributed by atoms with van der Waals surface area (Å²) in [4.78, 5) is 34.8. The van der Waals surface area contributed by atoms with Crippen molar-refractivity contribution in [1.29, 1.82) is 0 Å². The molecular formula is C43H71O10P. The van der Waals surface area contributed by atoms with Gasteiger partial charge >= 0.3 is 19.8 Å². The van der Waals surface area contributed by atoms with Crippen LogP contribution in [0.15, 0.2) is 85.1 Å². The second kappa shape index (κ2) is 38.4. The molecule has 308 valence electrons. The van der Waals surface area contributed by atoms with Crippen LogP contribution in [0.3, 0.4) is 0 Å². The predicted octanol–water partition coefficient (Wildman–Crippen LogP) is 10.3. The lowest BCUT2D eigenvalue weighted by molar-refractivity contribution is -0.161. The first kappa shape index (κ1) is 51.1. The first-order valence-corrected chi connectivity index (χ1v) is 21.5. The second-order valence-corrected chi connectivity index (χ2v) is 14.4. The number of rotatable bonds is 36. The predicted molar refractivity (Wildman–Crippen MR) is 219 cm³/mol. The number of carbonyl (C=O) groups excluding carboxylic acids is 2. The molecule has 10 nitrogen and oxygen atoms in total.